The number of hydrogen-bond acceptors (Lipinski definition) is 3. The van der Waals surface area contributed by atoms with Crippen molar-refractivity contribution >= 4 is 11.9 Å². The predicted molar refractivity (Wildman–Crippen MR) is 48.6 cm³/mol. The van der Waals surface area contributed by atoms with Crippen molar-refractivity contribution in [2.75, 3.05) is 13.2 Å². The Morgan fingerprint density at radius 2 is 2.21 bits per heavy atom. The molecule has 0 aromatic carbocycles. The summed E-state index contributed by atoms with van der Waals surface area (Å²) in [5.74, 6) is -1.83. The Hall–Kier alpha value is -1.10. The van der Waals surface area contributed by atoms with Gasteiger partial charge in [-0.15, -0.1) is 0 Å². The van der Waals surface area contributed by atoms with Gasteiger partial charge in [0.2, 0.25) is 5.91 Å². The zero-order valence-corrected chi connectivity index (χ0v) is 8.36. The molecule has 1 amide bonds. The van der Waals surface area contributed by atoms with Crippen LogP contribution in [0.3, 0.4) is 0 Å². The molecule has 0 aliphatic carbocycles. The molecule has 1 atom stereocenters. The van der Waals surface area contributed by atoms with Gasteiger partial charge in [0.15, 0.2) is 0 Å². The van der Waals surface area contributed by atoms with E-state index in [4.69, 9.17) is 10.2 Å². The number of amides is 1. The molecule has 5 nitrogen and oxygen atoms in total. The Morgan fingerprint density at radius 3 is 2.57 bits per heavy atom. The fraction of sp³-hybridized carbons (Fsp3) is 0.778. The average molecular weight is 201 g/mol. The lowest BCUT2D eigenvalue weighted by Crippen LogP contribution is -2.47. The summed E-state index contributed by atoms with van der Waals surface area (Å²) in [7, 11) is 0. The fourth-order valence-corrected chi connectivity index (χ4v) is 1.95. The van der Waals surface area contributed by atoms with E-state index in [0.29, 0.717) is 0 Å². The second-order valence-electron chi connectivity index (χ2n) is 4.02. The summed E-state index contributed by atoms with van der Waals surface area (Å²) in [6, 6.07) is 0. The van der Waals surface area contributed by atoms with Crippen LogP contribution < -0.4 is 0 Å². The molecule has 1 saturated heterocycles. The lowest BCUT2D eigenvalue weighted by atomic mass is 9.88. The summed E-state index contributed by atoms with van der Waals surface area (Å²) in [6.45, 7) is 3.50. The van der Waals surface area contributed by atoms with E-state index in [-0.39, 0.29) is 25.5 Å². The van der Waals surface area contributed by atoms with Crippen molar-refractivity contribution < 1.29 is 19.8 Å². The monoisotopic (exact) mass is 201 g/mol. The molecule has 1 aliphatic heterocycles. The van der Waals surface area contributed by atoms with Gasteiger partial charge in [0.25, 0.3) is 0 Å². The number of carboxylic acid groups (broad SMARTS) is 1. The summed E-state index contributed by atoms with van der Waals surface area (Å²) in [4.78, 5) is 23.8. The molecule has 14 heavy (non-hydrogen) atoms. The Kier molecular flexibility index (Phi) is 2.80. The lowest BCUT2D eigenvalue weighted by Gasteiger charge is -2.33. The Balaban J connectivity index is 2.89. The van der Waals surface area contributed by atoms with E-state index in [1.165, 1.54) is 4.90 Å². The van der Waals surface area contributed by atoms with Crippen LogP contribution in [-0.2, 0) is 9.59 Å². The predicted octanol–water partition coefficient (Wildman–Crippen LogP) is -0.310. The molecule has 0 aromatic heterocycles. The van der Waals surface area contributed by atoms with Crippen LogP contribution in [0.25, 0.3) is 0 Å². The van der Waals surface area contributed by atoms with Crippen LogP contribution >= 0.6 is 0 Å². The smallest absolute Gasteiger partial charge is 0.309 e. The van der Waals surface area contributed by atoms with Crippen molar-refractivity contribution in [2.45, 2.75) is 25.8 Å². The Labute approximate surface area is 82.3 Å². The highest BCUT2D eigenvalue weighted by molar-refractivity contribution is 5.88. The summed E-state index contributed by atoms with van der Waals surface area (Å²) in [6.07, 6.45) is 0.0301. The third-order valence-electron chi connectivity index (χ3n) is 2.85. The number of aliphatic hydroxyl groups is 1. The molecular formula is C9H15NO4. The van der Waals surface area contributed by atoms with Gasteiger partial charge in [-0.25, -0.2) is 0 Å². The molecule has 1 fully saturated rings. The highest BCUT2D eigenvalue weighted by Crippen LogP contribution is 2.35. The van der Waals surface area contributed by atoms with Gasteiger partial charge in [0.1, 0.15) is 0 Å². The first-order chi connectivity index (χ1) is 6.41. The van der Waals surface area contributed by atoms with Crippen LogP contribution in [0.5, 0.6) is 0 Å². The van der Waals surface area contributed by atoms with Crippen molar-refractivity contribution in [3.8, 4) is 0 Å². The zero-order chi connectivity index (χ0) is 10.9. The van der Waals surface area contributed by atoms with E-state index in [1.54, 1.807) is 13.8 Å². The highest BCUT2D eigenvalue weighted by Gasteiger charge is 2.49. The summed E-state index contributed by atoms with van der Waals surface area (Å²) in [5.41, 5.74) is -0.703. The molecule has 5 heteroatoms. The van der Waals surface area contributed by atoms with Crippen LogP contribution in [0.2, 0.25) is 0 Å². The maximum Gasteiger partial charge on any atom is 0.309 e. The first-order valence-corrected chi connectivity index (χ1v) is 4.55. The van der Waals surface area contributed by atoms with Crippen LogP contribution in [0, 0.1) is 5.92 Å². The number of aliphatic hydroxyl groups excluding tert-OH is 1. The number of aliphatic carboxylic acids is 1. The standard InChI is InChI=1S/C9H15NO4/c1-9(2)6(8(13)14)5-7(12)10(9)3-4-11/h6,11H,3-5H2,1-2H3,(H,13,14)/t6-/m1/s1. The van der Waals surface area contributed by atoms with Gasteiger partial charge < -0.3 is 15.1 Å². The third kappa shape index (κ3) is 1.59. The molecule has 2 N–H and O–H groups in total. The molecule has 0 saturated carbocycles. The van der Waals surface area contributed by atoms with Crippen molar-refractivity contribution in [1.82, 2.24) is 4.90 Å². The fourth-order valence-electron chi connectivity index (χ4n) is 1.95. The van der Waals surface area contributed by atoms with Crippen LogP contribution in [0.1, 0.15) is 20.3 Å². The van der Waals surface area contributed by atoms with E-state index in [1.807, 2.05) is 0 Å². The van der Waals surface area contributed by atoms with Crippen LogP contribution in [-0.4, -0.2) is 45.7 Å². The molecule has 80 valence electrons. The third-order valence-corrected chi connectivity index (χ3v) is 2.85. The second kappa shape index (κ2) is 3.57. The summed E-state index contributed by atoms with van der Waals surface area (Å²) >= 11 is 0. The van der Waals surface area contributed by atoms with E-state index >= 15 is 0 Å². The SMILES string of the molecule is CC1(C)[C@@H](C(=O)O)CC(=O)N1CCO. The minimum Gasteiger partial charge on any atom is -0.481 e. The molecule has 1 rings (SSSR count). The number of β-amino-alcohol motifs (C(OH)–C–C–N with tert-alkyl or cyclic N) is 1. The molecule has 0 bridgehead atoms. The van der Waals surface area contributed by atoms with Crippen LogP contribution in [0.15, 0.2) is 0 Å². The second-order valence-corrected chi connectivity index (χ2v) is 4.02. The average Bonchev–Trinajstić information content (AvgIpc) is 2.28. The van der Waals surface area contributed by atoms with Gasteiger partial charge >= 0.3 is 5.97 Å². The maximum absolute atomic E-state index is 11.4. The van der Waals surface area contributed by atoms with Crippen molar-refractivity contribution in [2.24, 2.45) is 5.92 Å². The van der Waals surface area contributed by atoms with E-state index in [9.17, 15) is 9.59 Å². The van der Waals surface area contributed by atoms with Gasteiger partial charge in [-0.2, -0.15) is 0 Å². The van der Waals surface area contributed by atoms with E-state index in [0.717, 1.165) is 0 Å². The first kappa shape index (κ1) is 11.0. The van der Waals surface area contributed by atoms with E-state index < -0.39 is 17.4 Å². The quantitative estimate of drug-likeness (QED) is 0.656. The van der Waals surface area contributed by atoms with Crippen molar-refractivity contribution in [1.29, 1.82) is 0 Å². The molecule has 0 radical (unpaired) electrons. The molecule has 1 heterocycles. The molecule has 0 unspecified atom stereocenters. The van der Waals surface area contributed by atoms with Gasteiger partial charge in [0, 0.05) is 13.0 Å². The number of rotatable bonds is 3. The van der Waals surface area contributed by atoms with Gasteiger partial charge in [-0.05, 0) is 13.8 Å². The number of carboxylic acids is 1. The largest absolute Gasteiger partial charge is 0.481 e. The molecule has 1 aliphatic rings. The molecular weight excluding hydrogens is 186 g/mol. The van der Waals surface area contributed by atoms with Gasteiger partial charge in [0.05, 0.1) is 18.1 Å². The summed E-state index contributed by atoms with van der Waals surface area (Å²) < 4.78 is 0. The molecule has 0 spiro atoms. The van der Waals surface area contributed by atoms with Gasteiger partial charge in [-0.1, -0.05) is 0 Å². The van der Waals surface area contributed by atoms with E-state index in [2.05, 4.69) is 0 Å². The number of hydrogen-bond donors (Lipinski definition) is 2. The first-order valence-electron chi connectivity index (χ1n) is 4.55. The lowest BCUT2D eigenvalue weighted by molar-refractivity contribution is -0.144. The maximum atomic E-state index is 11.4. The number of carbonyl (C=O) groups is 2. The topological polar surface area (TPSA) is 77.8 Å². The number of likely N-dealkylation sites (tertiary alicyclic amines) is 1. The minimum absolute atomic E-state index is 0.0301. The zero-order valence-electron chi connectivity index (χ0n) is 8.36. The molecule has 0 aromatic rings. The number of nitrogens with zero attached hydrogens (tertiary/aromatic N) is 1. The highest BCUT2D eigenvalue weighted by atomic mass is 16.4. The van der Waals surface area contributed by atoms with Crippen LogP contribution in [0.4, 0.5) is 0 Å². The Morgan fingerprint density at radius 1 is 1.64 bits per heavy atom. The minimum atomic E-state index is -0.955. The normalized spacial score (nSPS) is 25.5. The van der Waals surface area contributed by atoms with Crippen molar-refractivity contribution in [3.63, 3.8) is 0 Å². The Bertz CT molecular complexity index is 262. The van der Waals surface area contributed by atoms with Crippen molar-refractivity contribution in [3.05, 3.63) is 0 Å². The number of carbonyl (C=O) groups excluding carboxylic acids is 1. The summed E-state index contributed by atoms with van der Waals surface area (Å²) in [5, 5.41) is 17.7. The van der Waals surface area contributed by atoms with Gasteiger partial charge in [-0.3, -0.25) is 9.59 Å².